The molecule has 1 rings (SSSR count). The molecule has 0 aliphatic heterocycles. The van der Waals surface area contributed by atoms with Gasteiger partial charge in [-0.2, -0.15) is 11.8 Å². The Morgan fingerprint density at radius 3 is 2.60 bits per heavy atom. The zero-order valence-corrected chi connectivity index (χ0v) is 10.0. The molecule has 0 radical (unpaired) electrons. The Balaban J connectivity index is 2.96. The summed E-state index contributed by atoms with van der Waals surface area (Å²) in [6.45, 7) is 0. The van der Waals surface area contributed by atoms with E-state index in [0.717, 1.165) is 11.3 Å². The fraction of sp³-hybridized carbons (Fsp3) is 0.455. The van der Waals surface area contributed by atoms with Crippen LogP contribution in [0.2, 0.25) is 0 Å². The lowest BCUT2D eigenvalue weighted by atomic mass is 10.1. The van der Waals surface area contributed by atoms with Crippen LogP contribution in [0.4, 0.5) is 0 Å². The predicted octanol–water partition coefficient (Wildman–Crippen LogP) is 2.10. The van der Waals surface area contributed by atoms with Gasteiger partial charge in [-0.25, -0.2) is 0 Å². The van der Waals surface area contributed by atoms with Gasteiger partial charge in [0.1, 0.15) is 11.5 Å². The van der Waals surface area contributed by atoms with Crippen molar-refractivity contribution in [1.29, 1.82) is 0 Å². The van der Waals surface area contributed by atoms with E-state index in [1.165, 1.54) is 0 Å². The van der Waals surface area contributed by atoms with Crippen LogP contribution in [-0.4, -0.2) is 31.3 Å². The van der Waals surface area contributed by atoms with Gasteiger partial charge in [0.2, 0.25) is 0 Å². The van der Waals surface area contributed by atoms with Crippen molar-refractivity contribution in [2.45, 2.75) is 6.10 Å². The first-order chi connectivity index (χ1) is 7.22. The molecule has 1 unspecified atom stereocenters. The first-order valence-electron chi connectivity index (χ1n) is 4.61. The summed E-state index contributed by atoms with van der Waals surface area (Å²) in [5, 5.41) is 9.85. The summed E-state index contributed by atoms with van der Waals surface area (Å²) < 4.78 is 10.3. The van der Waals surface area contributed by atoms with Crippen molar-refractivity contribution in [3.05, 3.63) is 23.8 Å². The van der Waals surface area contributed by atoms with Crippen molar-refractivity contribution < 1.29 is 14.6 Å². The second kappa shape index (κ2) is 5.88. The molecule has 0 spiro atoms. The first-order valence-corrected chi connectivity index (χ1v) is 6.01. The zero-order chi connectivity index (χ0) is 11.3. The third-order valence-corrected chi connectivity index (χ3v) is 2.77. The molecule has 0 aromatic heterocycles. The second-order valence-electron chi connectivity index (χ2n) is 3.08. The van der Waals surface area contributed by atoms with Crippen LogP contribution in [0.25, 0.3) is 0 Å². The summed E-state index contributed by atoms with van der Waals surface area (Å²) in [5.41, 5.74) is 0.799. The van der Waals surface area contributed by atoms with Gasteiger partial charge < -0.3 is 14.6 Å². The maximum absolute atomic E-state index is 9.85. The van der Waals surface area contributed by atoms with E-state index in [4.69, 9.17) is 9.47 Å². The van der Waals surface area contributed by atoms with Gasteiger partial charge in [-0.15, -0.1) is 0 Å². The topological polar surface area (TPSA) is 38.7 Å². The van der Waals surface area contributed by atoms with Crippen LogP contribution in [0.3, 0.4) is 0 Å². The highest BCUT2D eigenvalue weighted by Crippen LogP contribution is 2.30. The van der Waals surface area contributed by atoms with Crippen LogP contribution in [0.1, 0.15) is 11.7 Å². The van der Waals surface area contributed by atoms with Crippen molar-refractivity contribution in [2.24, 2.45) is 0 Å². The Labute approximate surface area is 94.4 Å². The maximum Gasteiger partial charge on any atom is 0.128 e. The standard InChI is InChI=1S/C11H16O3S/c1-13-8-4-5-9(10(12)7-15-3)11(6-8)14-2/h4-6,10,12H,7H2,1-3H3. The largest absolute Gasteiger partial charge is 0.497 e. The van der Waals surface area contributed by atoms with Crippen molar-refractivity contribution in [2.75, 3.05) is 26.2 Å². The Hall–Kier alpha value is -0.870. The lowest BCUT2D eigenvalue weighted by Crippen LogP contribution is -2.03. The molecule has 1 atom stereocenters. The number of hydrogen-bond acceptors (Lipinski definition) is 4. The van der Waals surface area contributed by atoms with E-state index in [0.29, 0.717) is 11.5 Å². The molecule has 15 heavy (non-hydrogen) atoms. The summed E-state index contributed by atoms with van der Waals surface area (Å²) in [4.78, 5) is 0. The summed E-state index contributed by atoms with van der Waals surface area (Å²) in [6, 6.07) is 5.43. The van der Waals surface area contributed by atoms with Crippen molar-refractivity contribution >= 4 is 11.8 Å². The molecule has 0 saturated heterocycles. The highest BCUT2D eigenvalue weighted by Gasteiger charge is 2.13. The lowest BCUT2D eigenvalue weighted by Gasteiger charge is -2.14. The Morgan fingerprint density at radius 1 is 1.33 bits per heavy atom. The SMILES string of the molecule is COc1ccc(C(O)CSC)c(OC)c1. The minimum Gasteiger partial charge on any atom is -0.497 e. The molecular formula is C11H16O3S. The van der Waals surface area contributed by atoms with Gasteiger partial charge in [0.25, 0.3) is 0 Å². The molecule has 84 valence electrons. The Bertz CT molecular complexity index is 315. The third kappa shape index (κ3) is 3.04. The summed E-state index contributed by atoms with van der Waals surface area (Å²) in [5.74, 6) is 2.05. The Kier molecular flexibility index (Phi) is 4.78. The van der Waals surface area contributed by atoms with Gasteiger partial charge in [-0.05, 0) is 18.4 Å². The average Bonchev–Trinajstić information content (AvgIpc) is 2.28. The molecule has 0 fully saturated rings. The first kappa shape index (κ1) is 12.2. The van der Waals surface area contributed by atoms with Crippen LogP contribution in [0.5, 0.6) is 11.5 Å². The molecular weight excluding hydrogens is 212 g/mol. The van der Waals surface area contributed by atoms with Crippen molar-refractivity contribution in [3.8, 4) is 11.5 Å². The van der Waals surface area contributed by atoms with Gasteiger partial charge in [-0.1, -0.05) is 0 Å². The number of methoxy groups -OCH3 is 2. The van der Waals surface area contributed by atoms with Crippen LogP contribution < -0.4 is 9.47 Å². The molecule has 1 aromatic carbocycles. The van der Waals surface area contributed by atoms with Crippen LogP contribution in [0, 0.1) is 0 Å². The number of ether oxygens (including phenoxy) is 2. The van der Waals surface area contributed by atoms with E-state index in [9.17, 15) is 5.11 Å². The molecule has 0 bridgehead atoms. The average molecular weight is 228 g/mol. The smallest absolute Gasteiger partial charge is 0.128 e. The van der Waals surface area contributed by atoms with Gasteiger partial charge in [-0.3, -0.25) is 0 Å². The van der Waals surface area contributed by atoms with E-state index in [2.05, 4.69) is 0 Å². The molecule has 0 aliphatic rings. The van der Waals surface area contributed by atoms with Gasteiger partial charge in [0.05, 0.1) is 20.3 Å². The molecule has 1 aromatic rings. The highest BCUT2D eigenvalue weighted by molar-refractivity contribution is 7.98. The lowest BCUT2D eigenvalue weighted by molar-refractivity contribution is 0.199. The monoisotopic (exact) mass is 228 g/mol. The number of benzene rings is 1. The van der Waals surface area contributed by atoms with E-state index in [1.807, 2.05) is 18.4 Å². The van der Waals surface area contributed by atoms with E-state index in [1.54, 1.807) is 32.0 Å². The van der Waals surface area contributed by atoms with E-state index < -0.39 is 6.10 Å². The predicted molar refractivity (Wildman–Crippen MR) is 62.9 cm³/mol. The quantitative estimate of drug-likeness (QED) is 0.837. The molecule has 0 aliphatic carbocycles. The molecule has 0 heterocycles. The number of aliphatic hydroxyl groups excluding tert-OH is 1. The van der Waals surface area contributed by atoms with Gasteiger partial charge >= 0.3 is 0 Å². The van der Waals surface area contributed by atoms with Gasteiger partial charge in [0.15, 0.2) is 0 Å². The second-order valence-corrected chi connectivity index (χ2v) is 3.99. The number of rotatable bonds is 5. The Morgan fingerprint density at radius 2 is 2.07 bits per heavy atom. The molecule has 0 saturated carbocycles. The normalized spacial score (nSPS) is 12.3. The summed E-state index contributed by atoms with van der Waals surface area (Å²) in [6.07, 6.45) is 1.46. The molecule has 4 heteroatoms. The van der Waals surface area contributed by atoms with Crippen molar-refractivity contribution in [1.82, 2.24) is 0 Å². The minimum absolute atomic E-state index is 0.499. The van der Waals surface area contributed by atoms with Crippen molar-refractivity contribution in [3.63, 3.8) is 0 Å². The fourth-order valence-corrected chi connectivity index (χ4v) is 1.84. The molecule has 1 N–H and O–H groups in total. The minimum atomic E-state index is -0.499. The molecule has 3 nitrogen and oxygen atoms in total. The number of hydrogen-bond donors (Lipinski definition) is 1. The summed E-state index contributed by atoms with van der Waals surface area (Å²) in [7, 11) is 3.19. The highest BCUT2D eigenvalue weighted by atomic mass is 32.2. The van der Waals surface area contributed by atoms with Crippen LogP contribution in [0.15, 0.2) is 18.2 Å². The summed E-state index contributed by atoms with van der Waals surface area (Å²) >= 11 is 1.60. The maximum atomic E-state index is 9.85. The van der Waals surface area contributed by atoms with E-state index >= 15 is 0 Å². The number of aliphatic hydroxyl groups is 1. The van der Waals surface area contributed by atoms with E-state index in [-0.39, 0.29) is 0 Å². The number of thioether (sulfide) groups is 1. The van der Waals surface area contributed by atoms with Crippen LogP contribution in [-0.2, 0) is 0 Å². The van der Waals surface area contributed by atoms with Gasteiger partial charge in [0, 0.05) is 17.4 Å². The molecule has 0 amide bonds. The fourth-order valence-electron chi connectivity index (χ4n) is 1.34. The zero-order valence-electron chi connectivity index (χ0n) is 9.19. The third-order valence-electron chi connectivity index (χ3n) is 2.12. The van der Waals surface area contributed by atoms with Crippen LogP contribution >= 0.6 is 11.8 Å².